The molecule has 0 radical (unpaired) electrons. The molecule has 0 amide bonds. The fraction of sp³-hybridized carbons (Fsp3) is 0.920. The first kappa shape index (κ1) is 82.5. The third kappa shape index (κ3) is 52.8. The van der Waals surface area contributed by atoms with E-state index in [-0.39, 0.29) is 25.9 Å². The Labute approximate surface area is 535 Å². The van der Waals surface area contributed by atoms with Crippen LogP contribution in [0.5, 0.6) is 0 Å². The summed E-state index contributed by atoms with van der Waals surface area (Å²) in [5, 5.41) is 31.7. The van der Waals surface area contributed by atoms with Gasteiger partial charge in [0.25, 0.3) is 0 Å². The first-order chi connectivity index (χ1) is 42.6. The summed E-state index contributed by atoms with van der Waals surface area (Å²) in [6, 6.07) is 0. The average Bonchev–Trinajstić information content (AvgIpc) is 2.60. The summed E-state index contributed by atoms with van der Waals surface area (Å²) in [4.78, 5) is 51.6. The molecule has 0 aromatic carbocycles. The Bertz CT molecular complexity index is 1560. The summed E-state index contributed by atoms with van der Waals surface area (Å²) in [7, 11) is 0. The van der Waals surface area contributed by atoms with Crippen LogP contribution in [0.15, 0.2) is 12.2 Å². The second kappa shape index (κ2) is 63.6. The maximum absolute atomic E-state index is 13.3. The van der Waals surface area contributed by atoms with Gasteiger partial charge in [0.2, 0.25) is 0 Å². The van der Waals surface area contributed by atoms with Crippen LogP contribution in [0.1, 0.15) is 393 Å². The van der Waals surface area contributed by atoms with Gasteiger partial charge in [0.1, 0.15) is 18.8 Å². The SMILES string of the molecule is CCCCCCCC/C=C\CCCCCCCCCCCC(=O)OC1C(OCC(COC(=O)CCCCCCCCCCCCCCCCCCCCC)OC(=O)CCCCCCCCCCCCCCCCCCCCC)OC(C(=O)O)C(O)C1O. The van der Waals surface area contributed by atoms with E-state index >= 15 is 0 Å². The standard InChI is InChI=1S/C75H140O12/c1-4-7-10-13-16-19-22-25-28-31-34-37-40-43-46-49-52-55-58-61-67(76)83-64-66(85-68(77)62-59-56-53-50-47-44-41-38-35-32-29-26-23-20-17-14-11-8-5-2)65-84-75-73(71(80)70(79)72(87-75)74(81)82)86-69(78)63-60-57-54-51-48-45-42-39-36-33-30-27-24-21-18-15-12-9-6-3/h27,30,66,70-73,75,79-80H,4-26,28-29,31-65H2,1-3H3,(H,81,82)/b30-27-. The van der Waals surface area contributed by atoms with E-state index in [1.807, 2.05) is 0 Å². The van der Waals surface area contributed by atoms with E-state index in [9.17, 15) is 34.5 Å². The van der Waals surface area contributed by atoms with Gasteiger partial charge in [-0.15, -0.1) is 0 Å². The number of hydrogen-bond donors (Lipinski definition) is 3. The molecule has 1 aliphatic heterocycles. The van der Waals surface area contributed by atoms with Crippen LogP contribution in [0.4, 0.5) is 0 Å². The molecule has 87 heavy (non-hydrogen) atoms. The highest BCUT2D eigenvalue weighted by molar-refractivity contribution is 5.74. The monoisotopic (exact) mass is 1230 g/mol. The molecule has 0 saturated carbocycles. The quantitative estimate of drug-likeness (QED) is 0.0228. The van der Waals surface area contributed by atoms with Crippen LogP contribution >= 0.6 is 0 Å². The topological polar surface area (TPSA) is 175 Å². The van der Waals surface area contributed by atoms with Crippen molar-refractivity contribution in [2.24, 2.45) is 0 Å². The Morgan fingerprint density at radius 1 is 0.368 bits per heavy atom. The van der Waals surface area contributed by atoms with E-state index in [0.29, 0.717) is 19.3 Å². The van der Waals surface area contributed by atoms with E-state index in [1.165, 1.54) is 263 Å². The normalized spacial score (nSPS) is 17.3. The number of allylic oxidation sites excluding steroid dienone is 2. The minimum Gasteiger partial charge on any atom is -0.479 e. The number of carbonyl (C=O) groups excluding carboxylic acids is 3. The molecular formula is C75H140O12. The highest BCUT2D eigenvalue weighted by Crippen LogP contribution is 2.27. The first-order valence-corrected chi connectivity index (χ1v) is 37.7. The molecule has 3 N–H and O–H groups in total. The molecule has 0 spiro atoms. The van der Waals surface area contributed by atoms with Crippen LogP contribution in [0.3, 0.4) is 0 Å². The van der Waals surface area contributed by atoms with E-state index in [2.05, 4.69) is 32.9 Å². The van der Waals surface area contributed by atoms with Gasteiger partial charge < -0.3 is 39.0 Å². The second-order valence-corrected chi connectivity index (χ2v) is 26.3. The maximum Gasteiger partial charge on any atom is 0.335 e. The lowest BCUT2D eigenvalue weighted by Gasteiger charge is -2.40. The Kier molecular flexibility index (Phi) is 60.3. The summed E-state index contributed by atoms with van der Waals surface area (Å²) in [5.41, 5.74) is 0. The van der Waals surface area contributed by atoms with Crippen LogP contribution in [-0.2, 0) is 42.9 Å². The lowest BCUT2D eigenvalue weighted by molar-refractivity contribution is -0.301. The smallest absolute Gasteiger partial charge is 0.335 e. The number of hydrogen-bond acceptors (Lipinski definition) is 11. The van der Waals surface area contributed by atoms with Gasteiger partial charge in [-0.1, -0.05) is 341 Å². The minimum atomic E-state index is -1.90. The average molecular weight is 1230 g/mol. The van der Waals surface area contributed by atoms with Crippen LogP contribution < -0.4 is 0 Å². The third-order valence-corrected chi connectivity index (χ3v) is 17.8. The van der Waals surface area contributed by atoms with Crippen molar-refractivity contribution in [1.82, 2.24) is 0 Å². The summed E-state index contributed by atoms with van der Waals surface area (Å²) in [6.07, 6.45) is 63.1. The molecule has 6 unspecified atom stereocenters. The lowest BCUT2D eigenvalue weighted by Crippen LogP contribution is -2.61. The van der Waals surface area contributed by atoms with Gasteiger partial charge in [-0.2, -0.15) is 0 Å². The number of ether oxygens (including phenoxy) is 5. The highest BCUT2D eigenvalue weighted by atomic mass is 16.7. The predicted molar refractivity (Wildman–Crippen MR) is 359 cm³/mol. The molecular weight excluding hydrogens is 1090 g/mol. The molecule has 1 saturated heterocycles. The summed E-state index contributed by atoms with van der Waals surface area (Å²) < 4.78 is 28.7. The molecule has 1 heterocycles. The van der Waals surface area contributed by atoms with Gasteiger partial charge in [-0.25, -0.2) is 4.79 Å². The van der Waals surface area contributed by atoms with Crippen molar-refractivity contribution < 1.29 is 58.2 Å². The molecule has 1 rings (SSSR count). The third-order valence-electron chi connectivity index (χ3n) is 17.8. The molecule has 12 nitrogen and oxygen atoms in total. The minimum absolute atomic E-state index is 0.0654. The highest BCUT2D eigenvalue weighted by Gasteiger charge is 2.50. The van der Waals surface area contributed by atoms with Crippen LogP contribution in [0.2, 0.25) is 0 Å². The number of aliphatic hydroxyl groups is 2. The van der Waals surface area contributed by atoms with Gasteiger partial charge >= 0.3 is 23.9 Å². The fourth-order valence-corrected chi connectivity index (χ4v) is 12.1. The Hall–Kier alpha value is -2.54. The molecule has 1 fully saturated rings. The zero-order valence-corrected chi connectivity index (χ0v) is 57.1. The molecule has 0 aliphatic carbocycles. The number of esters is 3. The number of unbranched alkanes of at least 4 members (excludes halogenated alkanes) is 51. The van der Waals surface area contributed by atoms with Gasteiger partial charge in [0.15, 0.2) is 24.6 Å². The van der Waals surface area contributed by atoms with Crippen LogP contribution in [0, 0.1) is 0 Å². The summed E-state index contributed by atoms with van der Waals surface area (Å²) in [5.74, 6) is -3.06. The van der Waals surface area contributed by atoms with Crippen LogP contribution in [0.25, 0.3) is 0 Å². The number of aliphatic carboxylic acids is 1. The van der Waals surface area contributed by atoms with Crippen molar-refractivity contribution >= 4 is 23.9 Å². The molecule has 0 bridgehead atoms. The largest absolute Gasteiger partial charge is 0.479 e. The fourth-order valence-electron chi connectivity index (χ4n) is 12.1. The second-order valence-electron chi connectivity index (χ2n) is 26.3. The number of carboxylic acids is 1. The van der Waals surface area contributed by atoms with Crippen molar-refractivity contribution in [1.29, 1.82) is 0 Å². The molecule has 1 aliphatic rings. The molecule has 0 aromatic rings. The molecule has 512 valence electrons. The molecule has 6 atom stereocenters. The molecule has 0 aromatic heterocycles. The Morgan fingerprint density at radius 2 is 0.655 bits per heavy atom. The van der Waals surface area contributed by atoms with E-state index in [1.54, 1.807) is 0 Å². The van der Waals surface area contributed by atoms with Crippen LogP contribution in [-0.4, -0.2) is 89.2 Å². The lowest BCUT2D eigenvalue weighted by atomic mass is 9.98. The zero-order valence-electron chi connectivity index (χ0n) is 57.1. The number of carbonyl (C=O) groups is 4. The number of aliphatic hydroxyl groups excluding tert-OH is 2. The van der Waals surface area contributed by atoms with Gasteiger partial charge in [0.05, 0.1) is 6.61 Å². The predicted octanol–water partition coefficient (Wildman–Crippen LogP) is 21.1. The van der Waals surface area contributed by atoms with Crippen molar-refractivity contribution in [3.8, 4) is 0 Å². The van der Waals surface area contributed by atoms with Gasteiger partial charge in [0, 0.05) is 19.3 Å². The number of carboxylic acid groups (broad SMARTS) is 1. The van der Waals surface area contributed by atoms with Crippen molar-refractivity contribution in [3.63, 3.8) is 0 Å². The first-order valence-electron chi connectivity index (χ1n) is 37.7. The zero-order chi connectivity index (χ0) is 63.1. The molecule has 12 heteroatoms. The van der Waals surface area contributed by atoms with E-state index in [4.69, 9.17) is 23.7 Å². The van der Waals surface area contributed by atoms with Crippen molar-refractivity contribution in [3.05, 3.63) is 12.2 Å². The Morgan fingerprint density at radius 3 is 0.977 bits per heavy atom. The van der Waals surface area contributed by atoms with E-state index in [0.717, 1.165) is 70.6 Å². The maximum atomic E-state index is 13.3. The van der Waals surface area contributed by atoms with Gasteiger partial charge in [-0.05, 0) is 44.9 Å². The van der Waals surface area contributed by atoms with Crippen molar-refractivity contribution in [2.45, 2.75) is 430 Å². The Balaban J connectivity index is 2.58. The van der Waals surface area contributed by atoms with Crippen molar-refractivity contribution in [2.75, 3.05) is 13.2 Å². The summed E-state index contributed by atoms with van der Waals surface area (Å²) in [6.45, 7) is 6.10. The van der Waals surface area contributed by atoms with Gasteiger partial charge in [-0.3, -0.25) is 14.4 Å². The summed E-state index contributed by atoms with van der Waals surface area (Å²) >= 11 is 0. The van der Waals surface area contributed by atoms with E-state index < -0.39 is 67.3 Å². The number of rotatable bonds is 67.